The average molecular weight is 326 g/mol. The van der Waals surface area contributed by atoms with Crippen molar-refractivity contribution < 1.29 is 17.7 Å². The van der Waals surface area contributed by atoms with Gasteiger partial charge >= 0.3 is 7.12 Å². The van der Waals surface area contributed by atoms with Crippen molar-refractivity contribution >= 4 is 22.8 Å². The monoisotopic (exact) mass is 326 g/mol. The van der Waals surface area contributed by atoms with Gasteiger partial charge in [-0.15, -0.1) is 0 Å². The first-order valence-electron chi connectivity index (χ1n) is 7.19. The zero-order valence-electron chi connectivity index (χ0n) is 13.6. The number of nitrogens with one attached hydrogen (secondary N) is 2. The van der Waals surface area contributed by atoms with Crippen LogP contribution in [0.1, 0.15) is 33.3 Å². The van der Waals surface area contributed by atoms with E-state index in [0.717, 1.165) is 11.0 Å². The predicted molar refractivity (Wildman–Crippen MR) is 87.0 cm³/mol. The molecule has 0 amide bonds. The van der Waals surface area contributed by atoms with Crippen molar-refractivity contribution in [2.75, 3.05) is 7.05 Å². The first-order chi connectivity index (χ1) is 10.1. The van der Waals surface area contributed by atoms with Gasteiger partial charge in [0.2, 0.25) is 0 Å². The van der Waals surface area contributed by atoms with Crippen molar-refractivity contribution in [3.05, 3.63) is 29.8 Å². The van der Waals surface area contributed by atoms with Crippen LogP contribution in [0.2, 0.25) is 0 Å². The summed E-state index contributed by atoms with van der Waals surface area (Å²) in [4.78, 5) is 0. The Kier molecular flexibility index (Phi) is 4.70. The summed E-state index contributed by atoms with van der Waals surface area (Å²) in [6.07, 6.45) is 0. The van der Waals surface area contributed by atoms with Crippen molar-refractivity contribution in [3.8, 4) is 0 Å². The third kappa shape index (κ3) is 3.69. The van der Waals surface area contributed by atoms with E-state index in [2.05, 4.69) is 9.44 Å². The van der Waals surface area contributed by atoms with E-state index in [9.17, 15) is 8.42 Å². The van der Waals surface area contributed by atoms with Gasteiger partial charge in [-0.25, -0.2) is 4.72 Å². The van der Waals surface area contributed by atoms with E-state index in [1.165, 1.54) is 7.05 Å². The SMILES string of the molecule is CNS(=O)(=O)NCc1cccc(B2OC(C)(C)C(C)(C)O2)c1. The van der Waals surface area contributed by atoms with Crippen LogP contribution in [0.3, 0.4) is 0 Å². The first-order valence-corrected chi connectivity index (χ1v) is 8.67. The second-order valence-corrected chi connectivity index (χ2v) is 8.07. The summed E-state index contributed by atoms with van der Waals surface area (Å²) in [6.45, 7) is 8.20. The molecule has 0 atom stereocenters. The molecule has 0 radical (unpaired) electrons. The van der Waals surface area contributed by atoms with E-state index in [0.29, 0.717) is 0 Å². The van der Waals surface area contributed by atoms with Crippen LogP contribution in [-0.4, -0.2) is 33.8 Å². The third-order valence-electron chi connectivity index (χ3n) is 4.21. The molecule has 1 aliphatic rings. The Morgan fingerprint density at radius 2 is 1.73 bits per heavy atom. The van der Waals surface area contributed by atoms with Crippen molar-refractivity contribution in [1.29, 1.82) is 0 Å². The van der Waals surface area contributed by atoms with E-state index in [4.69, 9.17) is 9.31 Å². The molecule has 1 saturated heterocycles. The van der Waals surface area contributed by atoms with Crippen molar-refractivity contribution in [1.82, 2.24) is 9.44 Å². The highest BCUT2D eigenvalue weighted by Crippen LogP contribution is 2.36. The van der Waals surface area contributed by atoms with Crippen LogP contribution in [-0.2, 0) is 26.1 Å². The van der Waals surface area contributed by atoms with E-state index in [1.54, 1.807) is 0 Å². The van der Waals surface area contributed by atoms with Crippen molar-refractivity contribution in [2.24, 2.45) is 0 Å². The topological polar surface area (TPSA) is 76.7 Å². The molecule has 0 spiro atoms. The second-order valence-electron chi connectivity index (χ2n) is 6.36. The maximum atomic E-state index is 11.4. The average Bonchev–Trinajstić information content (AvgIpc) is 2.66. The van der Waals surface area contributed by atoms with Gasteiger partial charge in [0, 0.05) is 13.6 Å². The molecular weight excluding hydrogens is 303 g/mol. The molecule has 1 aromatic rings. The van der Waals surface area contributed by atoms with E-state index < -0.39 is 28.5 Å². The molecule has 0 saturated carbocycles. The Morgan fingerprint density at radius 3 is 2.27 bits per heavy atom. The van der Waals surface area contributed by atoms with Gasteiger partial charge in [-0.2, -0.15) is 13.1 Å². The highest BCUT2D eigenvalue weighted by atomic mass is 32.2. The lowest BCUT2D eigenvalue weighted by molar-refractivity contribution is 0.00578. The molecule has 1 fully saturated rings. The van der Waals surface area contributed by atoms with Crippen LogP contribution in [0.25, 0.3) is 0 Å². The molecule has 122 valence electrons. The lowest BCUT2D eigenvalue weighted by atomic mass is 9.78. The fourth-order valence-electron chi connectivity index (χ4n) is 2.08. The summed E-state index contributed by atoms with van der Waals surface area (Å²) in [5, 5.41) is 0. The molecule has 6 nitrogen and oxygen atoms in total. The summed E-state index contributed by atoms with van der Waals surface area (Å²) in [6, 6.07) is 7.52. The standard InChI is InChI=1S/C14H23BN2O4S/c1-13(2)14(3,4)21-15(20-13)12-8-6-7-11(9-12)10-17-22(18,19)16-5/h6-9,16-17H,10H2,1-5H3. The van der Waals surface area contributed by atoms with Gasteiger partial charge in [0.1, 0.15) is 0 Å². The molecule has 1 heterocycles. The minimum atomic E-state index is -3.45. The minimum Gasteiger partial charge on any atom is -0.399 e. The number of rotatable bonds is 5. The Balaban J connectivity index is 2.13. The summed E-state index contributed by atoms with van der Waals surface area (Å²) < 4.78 is 39.5. The van der Waals surface area contributed by atoms with Gasteiger partial charge in [0.15, 0.2) is 0 Å². The molecule has 0 aliphatic carbocycles. The number of benzene rings is 1. The summed E-state index contributed by atoms with van der Waals surface area (Å²) in [7, 11) is -2.54. The van der Waals surface area contributed by atoms with Crippen LogP contribution in [0, 0.1) is 0 Å². The van der Waals surface area contributed by atoms with Crippen LogP contribution >= 0.6 is 0 Å². The fourth-order valence-corrected chi connectivity index (χ4v) is 2.58. The normalized spacial score (nSPS) is 20.3. The largest absolute Gasteiger partial charge is 0.494 e. The van der Waals surface area contributed by atoms with Crippen LogP contribution in [0.4, 0.5) is 0 Å². The van der Waals surface area contributed by atoms with Gasteiger partial charge in [-0.1, -0.05) is 24.3 Å². The van der Waals surface area contributed by atoms with Gasteiger partial charge < -0.3 is 9.31 Å². The molecule has 2 rings (SSSR count). The lowest BCUT2D eigenvalue weighted by Gasteiger charge is -2.32. The summed E-state index contributed by atoms with van der Waals surface area (Å²) >= 11 is 0. The molecule has 0 unspecified atom stereocenters. The zero-order valence-corrected chi connectivity index (χ0v) is 14.5. The van der Waals surface area contributed by atoms with Crippen LogP contribution in [0.5, 0.6) is 0 Å². The molecule has 8 heteroatoms. The Morgan fingerprint density at radius 1 is 1.14 bits per heavy atom. The highest BCUT2D eigenvalue weighted by molar-refractivity contribution is 7.87. The molecule has 2 N–H and O–H groups in total. The highest BCUT2D eigenvalue weighted by Gasteiger charge is 2.51. The molecule has 0 bridgehead atoms. The number of hydrogen-bond acceptors (Lipinski definition) is 4. The molecule has 0 aromatic heterocycles. The van der Waals surface area contributed by atoms with E-state index in [1.807, 2.05) is 52.0 Å². The molecule has 1 aliphatic heterocycles. The van der Waals surface area contributed by atoms with Gasteiger partial charge in [0.25, 0.3) is 10.2 Å². The van der Waals surface area contributed by atoms with Crippen molar-refractivity contribution in [2.45, 2.75) is 45.4 Å². The maximum absolute atomic E-state index is 11.4. The quantitative estimate of drug-likeness (QED) is 0.775. The van der Waals surface area contributed by atoms with E-state index >= 15 is 0 Å². The maximum Gasteiger partial charge on any atom is 0.494 e. The predicted octanol–water partition coefficient (Wildman–Crippen LogP) is 0.540. The first kappa shape index (κ1) is 17.4. The fraction of sp³-hybridized carbons (Fsp3) is 0.571. The van der Waals surface area contributed by atoms with Gasteiger partial charge in [-0.05, 0) is 38.7 Å². The zero-order chi connectivity index (χ0) is 16.6. The Bertz CT molecular complexity index is 630. The molecule has 1 aromatic carbocycles. The van der Waals surface area contributed by atoms with E-state index in [-0.39, 0.29) is 6.54 Å². The van der Waals surface area contributed by atoms with Crippen molar-refractivity contribution in [3.63, 3.8) is 0 Å². The summed E-state index contributed by atoms with van der Waals surface area (Å²) in [5.41, 5.74) is 0.911. The third-order valence-corrected chi connectivity index (χ3v) is 5.27. The lowest BCUT2D eigenvalue weighted by Crippen LogP contribution is -2.41. The second kappa shape index (κ2) is 5.94. The molecule has 22 heavy (non-hydrogen) atoms. The van der Waals surface area contributed by atoms with Gasteiger partial charge in [-0.3, -0.25) is 0 Å². The summed E-state index contributed by atoms with van der Waals surface area (Å²) in [5.74, 6) is 0. The smallest absolute Gasteiger partial charge is 0.399 e. The minimum absolute atomic E-state index is 0.205. The van der Waals surface area contributed by atoms with Gasteiger partial charge in [0.05, 0.1) is 11.2 Å². The molecular formula is C14H23BN2O4S. The number of hydrogen-bond donors (Lipinski definition) is 2. The van der Waals surface area contributed by atoms with Crippen LogP contribution < -0.4 is 14.9 Å². The Hall–Kier alpha value is -0.925. The van der Waals surface area contributed by atoms with Crippen LogP contribution in [0.15, 0.2) is 24.3 Å². The Labute approximate surface area is 132 Å².